The van der Waals surface area contributed by atoms with E-state index in [9.17, 15) is 4.79 Å². The molecule has 0 fully saturated rings. The molecule has 2 heteroatoms. The number of hydrogen-bond donors (Lipinski definition) is 0. The third-order valence-electron chi connectivity index (χ3n) is 3.73. The van der Waals surface area contributed by atoms with E-state index in [1.165, 1.54) is 43.4 Å². The van der Waals surface area contributed by atoms with Crippen LogP contribution in [0.25, 0.3) is 0 Å². The van der Waals surface area contributed by atoms with Gasteiger partial charge in [0.15, 0.2) is 5.78 Å². The van der Waals surface area contributed by atoms with Crippen molar-refractivity contribution in [1.29, 1.82) is 0 Å². The fourth-order valence-electron chi connectivity index (χ4n) is 2.60. The Morgan fingerprint density at radius 1 is 1.17 bits per heavy atom. The molecular weight excluding hydrogens is 222 g/mol. The Morgan fingerprint density at radius 2 is 1.94 bits per heavy atom. The Hall–Kier alpha value is -1.15. The van der Waals surface area contributed by atoms with E-state index in [-0.39, 0.29) is 5.78 Å². The molecule has 0 spiro atoms. The number of unbranched alkanes of at least 4 members (excludes halogenated alkanes) is 3. The Morgan fingerprint density at radius 3 is 2.67 bits per heavy atom. The zero-order chi connectivity index (χ0) is 13.0. The predicted octanol–water partition coefficient (Wildman–Crippen LogP) is 3.79. The minimum Gasteiger partial charge on any atom is -0.295 e. The normalized spacial score (nSPS) is 14.8. The van der Waals surface area contributed by atoms with Crippen LogP contribution >= 0.6 is 0 Å². The number of fused-ring (bicyclic) bond motifs is 1. The summed E-state index contributed by atoms with van der Waals surface area (Å²) in [5.74, 6) is 0.166. The zero-order valence-electron chi connectivity index (χ0n) is 11.5. The zero-order valence-corrected chi connectivity index (χ0v) is 11.5. The number of ketones is 1. The molecule has 0 amide bonds. The summed E-state index contributed by atoms with van der Waals surface area (Å²) in [6.07, 6.45) is 5.26. The first-order chi connectivity index (χ1) is 8.70. The summed E-state index contributed by atoms with van der Waals surface area (Å²) < 4.78 is 0. The van der Waals surface area contributed by atoms with Gasteiger partial charge < -0.3 is 0 Å². The largest absolute Gasteiger partial charge is 0.295 e. The van der Waals surface area contributed by atoms with Gasteiger partial charge in [-0.25, -0.2) is 0 Å². The maximum atomic E-state index is 11.4. The number of Topliss-reactive ketones (excluding diaryl/α,β-unsaturated/α-hetero) is 1. The van der Waals surface area contributed by atoms with Crippen LogP contribution in [0, 0.1) is 0 Å². The Balaban J connectivity index is 1.89. The van der Waals surface area contributed by atoms with Crippen molar-refractivity contribution in [2.45, 2.75) is 52.6 Å². The lowest BCUT2D eigenvalue weighted by Crippen LogP contribution is -2.17. The molecule has 0 N–H and O–H groups in total. The molecule has 2 nitrogen and oxygen atoms in total. The summed E-state index contributed by atoms with van der Waals surface area (Å²) in [5.41, 5.74) is 3.59. The highest BCUT2D eigenvalue weighted by atomic mass is 16.1. The van der Waals surface area contributed by atoms with Gasteiger partial charge in [0.05, 0.1) is 0 Å². The number of carbonyl (C=O) groups excluding carboxylic acids is 1. The van der Waals surface area contributed by atoms with E-state index < -0.39 is 0 Å². The number of carbonyl (C=O) groups is 1. The standard InChI is InChI=1S/C16H23NO/c1-3-4-5-6-9-17-11-15-8-7-14(13(2)18)10-16(15)12-17/h7-8,10H,3-6,9,11-12H2,1-2H3. The van der Waals surface area contributed by atoms with Gasteiger partial charge in [0, 0.05) is 18.7 Å². The number of benzene rings is 1. The van der Waals surface area contributed by atoms with Crippen LogP contribution in [0.3, 0.4) is 0 Å². The molecular formula is C16H23NO. The molecule has 1 aromatic rings. The maximum absolute atomic E-state index is 11.4. The molecule has 18 heavy (non-hydrogen) atoms. The summed E-state index contributed by atoms with van der Waals surface area (Å²) in [7, 11) is 0. The maximum Gasteiger partial charge on any atom is 0.159 e. The van der Waals surface area contributed by atoms with Crippen molar-refractivity contribution in [3.05, 3.63) is 34.9 Å². The summed E-state index contributed by atoms with van der Waals surface area (Å²) in [4.78, 5) is 13.8. The molecule has 0 bridgehead atoms. The van der Waals surface area contributed by atoms with Gasteiger partial charge >= 0.3 is 0 Å². The smallest absolute Gasteiger partial charge is 0.159 e. The first kappa shape index (κ1) is 13.3. The van der Waals surface area contributed by atoms with Crippen LogP contribution in [0.15, 0.2) is 18.2 Å². The summed E-state index contributed by atoms with van der Waals surface area (Å²) >= 11 is 0. The highest BCUT2D eigenvalue weighted by Gasteiger charge is 2.18. The lowest BCUT2D eigenvalue weighted by Gasteiger charge is -2.13. The monoisotopic (exact) mass is 245 g/mol. The first-order valence-electron chi connectivity index (χ1n) is 7.06. The van der Waals surface area contributed by atoms with Crippen molar-refractivity contribution in [1.82, 2.24) is 4.90 Å². The quantitative estimate of drug-likeness (QED) is 0.561. The second-order valence-electron chi connectivity index (χ2n) is 5.31. The second kappa shape index (κ2) is 6.14. The van der Waals surface area contributed by atoms with E-state index in [1.54, 1.807) is 6.92 Å². The van der Waals surface area contributed by atoms with Crippen LogP contribution in [-0.4, -0.2) is 17.2 Å². The van der Waals surface area contributed by atoms with Crippen molar-refractivity contribution in [2.24, 2.45) is 0 Å². The van der Waals surface area contributed by atoms with E-state index in [0.29, 0.717) is 0 Å². The molecule has 0 saturated carbocycles. The lowest BCUT2D eigenvalue weighted by molar-refractivity contribution is 0.101. The summed E-state index contributed by atoms with van der Waals surface area (Å²) in [6, 6.07) is 6.16. The third kappa shape index (κ3) is 3.20. The molecule has 0 saturated heterocycles. The van der Waals surface area contributed by atoms with Crippen molar-refractivity contribution in [3.8, 4) is 0 Å². The topological polar surface area (TPSA) is 20.3 Å². The van der Waals surface area contributed by atoms with E-state index in [0.717, 1.165) is 18.7 Å². The molecule has 0 radical (unpaired) electrons. The first-order valence-corrected chi connectivity index (χ1v) is 7.06. The second-order valence-corrected chi connectivity index (χ2v) is 5.31. The van der Waals surface area contributed by atoms with E-state index in [1.807, 2.05) is 6.07 Å². The number of rotatable bonds is 6. The minimum absolute atomic E-state index is 0.166. The Bertz CT molecular complexity index is 425. The highest BCUT2D eigenvalue weighted by molar-refractivity contribution is 5.94. The Labute approximate surface area is 110 Å². The molecule has 1 aromatic carbocycles. The average Bonchev–Trinajstić information content (AvgIpc) is 2.76. The third-order valence-corrected chi connectivity index (χ3v) is 3.73. The highest BCUT2D eigenvalue weighted by Crippen LogP contribution is 2.24. The number of nitrogens with zero attached hydrogens (tertiary/aromatic N) is 1. The van der Waals surface area contributed by atoms with Crippen molar-refractivity contribution in [3.63, 3.8) is 0 Å². The summed E-state index contributed by atoms with van der Waals surface area (Å²) in [6.45, 7) is 7.14. The van der Waals surface area contributed by atoms with Gasteiger partial charge in [-0.15, -0.1) is 0 Å². The van der Waals surface area contributed by atoms with Crippen LogP contribution in [0.2, 0.25) is 0 Å². The molecule has 2 rings (SSSR count). The molecule has 0 aliphatic carbocycles. The molecule has 1 aliphatic rings. The van der Waals surface area contributed by atoms with Gasteiger partial charge in [0.2, 0.25) is 0 Å². The average molecular weight is 245 g/mol. The molecule has 0 unspecified atom stereocenters. The van der Waals surface area contributed by atoms with Crippen LogP contribution in [0.5, 0.6) is 0 Å². The van der Waals surface area contributed by atoms with Crippen molar-refractivity contribution in [2.75, 3.05) is 6.54 Å². The van der Waals surface area contributed by atoms with Crippen LogP contribution in [0.4, 0.5) is 0 Å². The molecule has 0 aromatic heterocycles. The SMILES string of the molecule is CCCCCCN1Cc2ccc(C(C)=O)cc2C1. The molecule has 0 atom stereocenters. The van der Waals surface area contributed by atoms with Gasteiger partial charge in [-0.1, -0.05) is 38.3 Å². The van der Waals surface area contributed by atoms with Gasteiger partial charge in [-0.3, -0.25) is 9.69 Å². The number of hydrogen-bond acceptors (Lipinski definition) is 2. The van der Waals surface area contributed by atoms with Gasteiger partial charge in [0.1, 0.15) is 0 Å². The molecule has 98 valence electrons. The van der Waals surface area contributed by atoms with Crippen LogP contribution < -0.4 is 0 Å². The van der Waals surface area contributed by atoms with E-state index >= 15 is 0 Å². The fraction of sp³-hybridized carbons (Fsp3) is 0.562. The fourth-order valence-corrected chi connectivity index (χ4v) is 2.60. The van der Waals surface area contributed by atoms with Crippen molar-refractivity contribution < 1.29 is 4.79 Å². The molecule has 1 heterocycles. The predicted molar refractivity (Wildman–Crippen MR) is 74.7 cm³/mol. The van der Waals surface area contributed by atoms with Gasteiger partial charge in [-0.2, -0.15) is 0 Å². The van der Waals surface area contributed by atoms with Gasteiger partial charge in [-0.05, 0) is 37.1 Å². The molecule has 1 aliphatic heterocycles. The van der Waals surface area contributed by atoms with E-state index in [4.69, 9.17) is 0 Å². The summed E-state index contributed by atoms with van der Waals surface area (Å²) in [5, 5.41) is 0. The van der Waals surface area contributed by atoms with Crippen molar-refractivity contribution >= 4 is 5.78 Å². The van der Waals surface area contributed by atoms with Gasteiger partial charge in [0.25, 0.3) is 0 Å². The van der Waals surface area contributed by atoms with Crippen LogP contribution in [0.1, 0.15) is 61.0 Å². The van der Waals surface area contributed by atoms with Crippen LogP contribution in [-0.2, 0) is 13.1 Å². The van der Waals surface area contributed by atoms with E-state index in [2.05, 4.69) is 24.0 Å². The minimum atomic E-state index is 0.166. The lowest BCUT2D eigenvalue weighted by atomic mass is 10.0. The Kier molecular flexibility index (Phi) is 4.54.